The number of aryl methyl sites for hydroxylation is 1. The number of benzene rings is 2. The fourth-order valence-corrected chi connectivity index (χ4v) is 2.35. The molecule has 2 aromatic rings. The normalized spacial score (nSPS) is 12.3. The predicted molar refractivity (Wildman–Crippen MR) is 85.5 cm³/mol. The Morgan fingerprint density at radius 3 is 2.57 bits per heavy atom. The molecule has 1 heterocycles. The van der Waals surface area contributed by atoms with Gasteiger partial charge in [0.05, 0.1) is 11.6 Å². The summed E-state index contributed by atoms with van der Waals surface area (Å²) < 4.78 is 11.0. The van der Waals surface area contributed by atoms with Crippen molar-refractivity contribution in [3.8, 4) is 17.6 Å². The molecule has 1 aliphatic heterocycles. The first-order chi connectivity index (χ1) is 11.2. The smallest absolute Gasteiger partial charge is 0.224 e. The summed E-state index contributed by atoms with van der Waals surface area (Å²) in [5.74, 6) is 1.42. The quantitative estimate of drug-likeness (QED) is 0.942. The Bertz CT molecular complexity index is 748. The van der Waals surface area contributed by atoms with E-state index < -0.39 is 0 Å². The van der Waals surface area contributed by atoms with E-state index in [-0.39, 0.29) is 5.91 Å². The highest BCUT2D eigenvalue weighted by Gasteiger charge is 2.12. The zero-order valence-electron chi connectivity index (χ0n) is 12.5. The van der Waals surface area contributed by atoms with Gasteiger partial charge in [-0.3, -0.25) is 4.79 Å². The minimum absolute atomic E-state index is 0.0652. The molecule has 0 fully saturated rings. The molecule has 1 amide bonds. The number of hydrogen-bond acceptors (Lipinski definition) is 4. The lowest BCUT2D eigenvalue weighted by Gasteiger charge is -2.18. The third-order valence-corrected chi connectivity index (χ3v) is 3.55. The zero-order chi connectivity index (χ0) is 16.1. The van der Waals surface area contributed by atoms with Crippen LogP contribution in [-0.2, 0) is 11.2 Å². The van der Waals surface area contributed by atoms with Crippen molar-refractivity contribution in [1.29, 1.82) is 5.26 Å². The second kappa shape index (κ2) is 6.84. The fourth-order valence-electron chi connectivity index (χ4n) is 2.35. The number of hydrogen-bond donors (Lipinski definition) is 1. The summed E-state index contributed by atoms with van der Waals surface area (Å²) >= 11 is 0. The molecular formula is C18H16N2O3. The van der Waals surface area contributed by atoms with Crippen LogP contribution in [0.5, 0.6) is 11.5 Å². The maximum Gasteiger partial charge on any atom is 0.224 e. The third kappa shape index (κ3) is 3.80. The molecule has 0 bridgehead atoms. The zero-order valence-corrected chi connectivity index (χ0v) is 12.5. The molecule has 116 valence electrons. The van der Waals surface area contributed by atoms with Crippen LogP contribution in [0.15, 0.2) is 42.5 Å². The van der Waals surface area contributed by atoms with Gasteiger partial charge in [-0.1, -0.05) is 6.07 Å². The summed E-state index contributed by atoms with van der Waals surface area (Å²) in [7, 11) is 0. The summed E-state index contributed by atoms with van der Waals surface area (Å²) in [5, 5.41) is 11.6. The average Bonchev–Trinajstić information content (AvgIpc) is 2.60. The van der Waals surface area contributed by atoms with Gasteiger partial charge in [-0.2, -0.15) is 5.26 Å². The van der Waals surface area contributed by atoms with Crippen LogP contribution in [0.25, 0.3) is 0 Å². The molecule has 0 aliphatic carbocycles. The van der Waals surface area contributed by atoms with Gasteiger partial charge in [0.15, 0.2) is 11.5 Å². The number of nitrogens with zero attached hydrogens (tertiary/aromatic N) is 1. The van der Waals surface area contributed by atoms with E-state index >= 15 is 0 Å². The van der Waals surface area contributed by atoms with E-state index in [1.807, 2.05) is 24.3 Å². The second-order valence-electron chi connectivity index (χ2n) is 5.22. The summed E-state index contributed by atoms with van der Waals surface area (Å²) in [6.07, 6.45) is 0.998. The summed E-state index contributed by atoms with van der Waals surface area (Å²) in [4.78, 5) is 12.0. The van der Waals surface area contributed by atoms with E-state index in [0.29, 0.717) is 37.3 Å². The number of amides is 1. The Hall–Kier alpha value is -3.00. The molecule has 0 radical (unpaired) electrons. The minimum Gasteiger partial charge on any atom is -0.486 e. The maximum absolute atomic E-state index is 12.0. The van der Waals surface area contributed by atoms with Crippen molar-refractivity contribution < 1.29 is 14.3 Å². The Labute approximate surface area is 134 Å². The van der Waals surface area contributed by atoms with Crippen LogP contribution in [0.2, 0.25) is 0 Å². The number of carbonyl (C=O) groups excluding carboxylic acids is 1. The van der Waals surface area contributed by atoms with Crippen molar-refractivity contribution in [3.05, 3.63) is 53.6 Å². The average molecular weight is 308 g/mol. The number of anilines is 1. The van der Waals surface area contributed by atoms with Crippen molar-refractivity contribution in [1.82, 2.24) is 0 Å². The third-order valence-electron chi connectivity index (χ3n) is 3.55. The monoisotopic (exact) mass is 308 g/mol. The number of nitriles is 1. The van der Waals surface area contributed by atoms with Gasteiger partial charge in [0.25, 0.3) is 0 Å². The molecule has 5 nitrogen and oxygen atoms in total. The van der Waals surface area contributed by atoms with E-state index in [9.17, 15) is 4.79 Å². The Kier molecular flexibility index (Phi) is 4.44. The standard InChI is InChI=1S/C18H16N2O3/c19-12-14-1-5-15(6-2-14)20-18(21)8-4-13-3-7-16-17(11-13)23-10-9-22-16/h1-3,5-7,11H,4,8-10H2,(H,20,21). The number of rotatable bonds is 4. The van der Waals surface area contributed by atoms with Crippen molar-refractivity contribution >= 4 is 11.6 Å². The molecule has 0 aromatic heterocycles. The minimum atomic E-state index is -0.0652. The van der Waals surface area contributed by atoms with Gasteiger partial charge in [0.2, 0.25) is 5.91 Å². The largest absolute Gasteiger partial charge is 0.486 e. The van der Waals surface area contributed by atoms with Gasteiger partial charge in [-0.05, 0) is 48.4 Å². The summed E-state index contributed by atoms with van der Waals surface area (Å²) in [6, 6.07) is 14.6. The van der Waals surface area contributed by atoms with Gasteiger partial charge < -0.3 is 14.8 Å². The van der Waals surface area contributed by atoms with Crippen LogP contribution in [0, 0.1) is 11.3 Å². The Morgan fingerprint density at radius 2 is 1.83 bits per heavy atom. The molecule has 0 atom stereocenters. The molecule has 23 heavy (non-hydrogen) atoms. The van der Waals surface area contributed by atoms with Crippen LogP contribution in [0.4, 0.5) is 5.69 Å². The second-order valence-corrected chi connectivity index (χ2v) is 5.22. The molecule has 1 N–H and O–H groups in total. The Balaban J connectivity index is 1.55. The van der Waals surface area contributed by atoms with E-state index in [2.05, 4.69) is 5.32 Å². The topological polar surface area (TPSA) is 71.4 Å². The Morgan fingerprint density at radius 1 is 1.09 bits per heavy atom. The molecule has 0 saturated heterocycles. The molecular weight excluding hydrogens is 292 g/mol. The molecule has 5 heteroatoms. The molecule has 2 aromatic carbocycles. The lowest BCUT2D eigenvalue weighted by Crippen LogP contribution is -2.15. The van der Waals surface area contributed by atoms with E-state index in [0.717, 1.165) is 17.1 Å². The molecule has 1 aliphatic rings. The fraction of sp³-hybridized carbons (Fsp3) is 0.222. The number of ether oxygens (including phenoxy) is 2. The van der Waals surface area contributed by atoms with Crippen molar-refractivity contribution in [2.24, 2.45) is 0 Å². The van der Waals surface area contributed by atoms with Crippen molar-refractivity contribution in [3.63, 3.8) is 0 Å². The van der Waals surface area contributed by atoms with Crippen LogP contribution in [-0.4, -0.2) is 19.1 Å². The number of fused-ring (bicyclic) bond motifs is 1. The molecule has 0 unspecified atom stereocenters. The molecule has 0 spiro atoms. The highest BCUT2D eigenvalue weighted by atomic mass is 16.6. The lowest BCUT2D eigenvalue weighted by molar-refractivity contribution is -0.116. The van der Waals surface area contributed by atoms with Gasteiger partial charge >= 0.3 is 0 Å². The van der Waals surface area contributed by atoms with Crippen LogP contribution < -0.4 is 14.8 Å². The van der Waals surface area contributed by atoms with Gasteiger partial charge in [-0.25, -0.2) is 0 Å². The summed E-state index contributed by atoms with van der Waals surface area (Å²) in [5.41, 5.74) is 2.29. The maximum atomic E-state index is 12.0. The van der Waals surface area contributed by atoms with Crippen LogP contribution in [0.1, 0.15) is 17.5 Å². The molecule has 3 rings (SSSR count). The van der Waals surface area contributed by atoms with Gasteiger partial charge in [0, 0.05) is 12.1 Å². The SMILES string of the molecule is N#Cc1ccc(NC(=O)CCc2ccc3c(c2)OCCO3)cc1. The number of carbonyl (C=O) groups is 1. The van der Waals surface area contributed by atoms with E-state index in [4.69, 9.17) is 14.7 Å². The van der Waals surface area contributed by atoms with E-state index in [1.54, 1.807) is 24.3 Å². The highest BCUT2D eigenvalue weighted by Crippen LogP contribution is 2.31. The first kappa shape index (κ1) is 14.9. The van der Waals surface area contributed by atoms with E-state index in [1.165, 1.54) is 0 Å². The molecule has 0 saturated carbocycles. The highest BCUT2D eigenvalue weighted by molar-refractivity contribution is 5.90. The summed E-state index contributed by atoms with van der Waals surface area (Å²) in [6.45, 7) is 1.12. The number of nitrogens with one attached hydrogen (secondary N) is 1. The van der Waals surface area contributed by atoms with Crippen LogP contribution >= 0.6 is 0 Å². The van der Waals surface area contributed by atoms with Crippen molar-refractivity contribution in [2.45, 2.75) is 12.8 Å². The first-order valence-electron chi connectivity index (χ1n) is 7.43. The van der Waals surface area contributed by atoms with Crippen molar-refractivity contribution in [2.75, 3.05) is 18.5 Å². The first-order valence-corrected chi connectivity index (χ1v) is 7.43. The predicted octanol–water partition coefficient (Wildman–Crippen LogP) is 2.90. The van der Waals surface area contributed by atoms with Crippen LogP contribution in [0.3, 0.4) is 0 Å². The van der Waals surface area contributed by atoms with Gasteiger partial charge in [0.1, 0.15) is 13.2 Å². The van der Waals surface area contributed by atoms with Gasteiger partial charge in [-0.15, -0.1) is 0 Å². The lowest BCUT2D eigenvalue weighted by atomic mass is 10.1.